The molecule has 0 unspecified atom stereocenters. The highest BCUT2D eigenvalue weighted by molar-refractivity contribution is 4.93. The van der Waals surface area contributed by atoms with Crippen LogP contribution in [0.2, 0.25) is 0 Å². The van der Waals surface area contributed by atoms with Crippen LogP contribution >= 0.6 is 0 Å². The second kappa shape index (κ2) is 4.90. The molecule has 1 aliphatic rings. The number of aliphatic hydroxyl groups is 5. The number of rotatable bonds is 3. The third-order valence-corrected chi connectivity index (χ3v) is 2.36. The molecule has 0 aromatic rings. The van der Waals surface area contributed by atoms with E-state index in [0.717, 1.165) is 0 Å². The molecule has 1 aliphatic heterocycles. The van der Waals surface area contributed by atoms with Gasteiger partial charge in [0.1, 0.15) is 18.3 Å². The van der Waals surface area contributed by atoms with Crippen molar-refractivity contribution in [3.8, 4) is 0 Å². The number of ether oxygens (including phenoxy) is 1. The summed E-state index contributed by atoms with van der Waals surface area (Å²) in [7, 11) is 0. The fraction of sp³-hybridized carbons (Fsp3) is 1.00. The van der Waals surface area contributed by atoms with Gasteiger partial charge in [-0.05, 0) is 6.92 Å². The normalized spacial score (nSPS) is 44.1. The first-order valence-corrected chi connectivity index (χ1v) is 4.85. The molecule has 0 aromatic carbocycles. The Morgan fingerprint density at radius 3 is 2.31 bits per heavy atom. The van der Waals surface area contributed by atoms with Gasteiger partial charge >= 0.3 is 0 Å². The number of hydrogen-bond donors (Lipinski definition) is 7. The summed E-state index contributed by atoms with van der Waals surface area (Å²) in [6.45, 7) is 0.665. The topological polar surface area (TPSA) is 148 Å². The standard InChI is InChI=1S/C8H18N2O6/c1-8(9,15)10-4-6(13)5(12)3(2-11)16-7(4)14/h3-7,10-15H,2,9H2,1H3/t3-,4-,5-,6-,7-,8-/m1/s1. The van der Waals surface area contributed by atoms with E-state index in [1.165, 1.54) is 6.92 Å². The van der Waals surface area contributed by atoms with Gasteiger partial charge in [-0.25, -0.2) is 0 Å². The molecule has 8 heteroatoms. The van der Waals surface area contributed by atoms with Gasteiger partial charge in [-0.15, -0.1) is 0 Å². The van der Waals surface area contributed by atoms with Crippen molar-refractivity contribution < 1.29 is 30.3 Å². The molecule has 0 aromatic heterocycles. The highest BCUT2D eigenvalue weighted by Crippen LogP contribution is 2.20. The molecule has 8 nitrogen and oxygen atoms in total. The lowest BCUT2D eigenvalue weighted by Crippen LogP contribution is -2.68. The van der Waals surface area contributed by atoms with Gasteiger partial charge in [-0.2, -0.15) is 0 Å². The number of hydrogen-bond acceptors (Lipinski definition) is 8. The second-order valence-electron chi connectivity index (χ2n) is 4.05. The van der Waals surface area contributed by atoms with Gasteiger partial charge in [0.15, 0.2) is 12.1 Å². The molecule has 0 aliphatic carbocycles. The SMILES string of the molecule is C[C@](N)(O)N[C@@H]1[C@@H](O)[C@H](O)[C@@H](CO)O[C@H]1O. The largest absolute Gasteiger partial charge is 0.394 e. The van der Waals surface area contributed by atoms with Crippen molar-refractivity contribution in [2.75, 3.05) is 6.61 Å². The summed E-state index contributed by atoms with van der Waals surface area (Å²) < 4.78 is 4.84. The quantitative estimate of drug-likeness (QED) is 0.246. The first-order valence-electron chi connectivity index (χ1n) is 4.85. The van der Waals surface area contributed by atoms with Gasteiger partial charge in [0, 0.05) is 0 Å². The monoisotopic (exact) mass is 238 g/mol. The van der Waals surface area contributed by atoms with Gasteiger partial charge in [0.25, 0.3) is 0 Å². The Balaban J connectivity index is 2.72. The van der Waals surface area contributed by atoms with Gasteiger partial charge in [-0.3, -0.25) is 11.1 Å². The summed E-state index contributed by atoms with van der Waals surface area (Å²) in [5.74, 6) is -1.83. The van der Waals surface area contributed by atoms with Gasteiger partial charge in [0.2, 0.25) is 0 Å². The van der Waals surface area contributed by atoms with Crippen LogP contribution in [-0.2, 0) is 4.74 Å². The van der Waals surface area contributed by atoms with Crippen LogP contribution in [0, 0.1) is 0 Å². The summed E-state index contributed by atoms with van der Waals surface area (Å²) in [6, 6.07) is -1.15. The molecular weight excluding hydrogens is 220 g/mol. The molecule has 0 amide bonds. The second-order valence-corrected chi connectivity index (χ2v) is 4.05. The molecule has 16 heavy (non-hydrogen) atoms. The number of aliphatic hydroxyl groups excluding tert-OH is 4. The highest BCUT2D eigenvalue weighted by Gasteiger charge is 2.45. The zero-order valence-corrected chi connectivity index (χ0v) is 8.82. The molecule has 0 radical (unpaired) electrons. The zero-order chi connectivity index (χ0) is 12.5. The van der Waals surface area contributed by atoms with Crippen molar-refractivity contribution >= 4 is 0 Å². The molecule has 96 valence electrons. The minimum absolute atomic E-state index is 0.541. The summed E-state index contributed by atoms with van der Waals surface area (Å²) in [6.07, 6.45) is -5.37. The summed E-state index contributed by atoms with van der Waals surface area (Å²) >= 11 is 0. The molecule has 0 bridgehead atoms. The predicted octanol–water partition coefficient (Wildman–Crippen LogP) is -4.00. The average molecular weight is 238 g/mol. The van der Waals surface area contributed by atoms with Gasteiger partial charge < -0.3 is 30.3 Å². The van der Waals surface area contributed by atoms with Gasteiger partial charge in [-0.1, -0.05) is 0 Å². The van der Waals surface area contributed by atoms with E-state index in [4.69, 9.17) is 15.6 Å². The minimum Gasteiger partial charge on any atom is -0.394 e. The van der Waals surface area contributed by atoms with Crippen LogP contribution in [-0.4, -0.2) is 68.6 Å². The first-order chi connectivity index (χ1) is 7.26. The van der Waals surface area contributed by atoms with Crippen LogP contribution in [0.4, 0.5) is 0 Å². The Labute approximate surface area is 92.3 Å². The van der Waals surface area contributed by atoms with Crippen LogP contribution in [0.5, 0.6) is 0 Å². The number of nitrogens with one attached hydrogen (secondary N) is 1. The van der Waals surface area contributed by atoms with Crippen molar-refractivity contribution in [3.63, 3.8) is 0 Å². The molecule has 1 heterocycles. The molecular formula is C8H18N2O6. The summed E-state index contributed by atoms with van der Waals surface area (Å²) in [5.41, 5.74) is 5.24. The van der Waals surface area contributed by atoms with Crippen molar-refractivity contribution in [2.45, 2.75) is 43.4 Å². The Hall–Kier alpha value is -0.320. The van der Waals surface area contributed by atoms with Crippen LogP contribution in [0.15, 0.2) is 0 Å². The van der Waals surface area contributed by atoms with E-state index in [-0.39, 0.29) is 0 Å². The molecule has 1 rings (SSSR count). The Kier molecular flexibility index (Phi) is 4.21. The van der Waals surface area contributed by atoms with Crippen LogP contribution in [0.1, 0.15) is 6.92 Å². The van der Waals surface area contributed by atoms with Crippen molar-refractivity contribution in [1.82, 2.24) is 5.32 Å². The van der Waals surface area contributed by atoms with Gasteiger partial charge in [0.05, 0.1) is 12.6 Å². The van der Waals surface area contributed by atoms with E-state index >= 15 is 0 Å². The smallest absolute Gasteiger partial charge is 0.173 e. The third kappa shape index (κ3) is 3.09. The molecule has 8 N–H and O–H groups in total. The Morgan fingerprint density at radius 2 is 1.88 bits per heavy atom. The van der Waals surface area contributed by atoms with E-state index in [9.17, 15) is 20.4 Å². The van der Waals surface area contributed by atoms with E-state index in [0.29, 0.717) is 0 Å². The molecule has 0 spiro atoms. The molecule has 1 fully saturated rings. The van der Waals surface area contributed by atoms with Crippen LogP contribution in [0.3, 0.4) is 0 Å². The van der Waals surface area contributed by atoms with Crippen LogP contribution in [0.25, 0.3) is 0 Å². The third-order valence-electron chi connectivity index (χ3n) is 2.36. The fourth-order valence-corrected chi connectivity index (χ4v) is 1.59. The van der Waals surface area contributed by atoms with Crippen LogP contribution < -0.4 is 11.1 Å². The van der Waals surface area contributed by atoms with E-state index in [2.05, 4.69) is 5.32 Å². The van der Waals surface area contributed by atoms with Crippen molar-refractivity contribution in [3.05, 3.63) is 0 Å². The lowest BCUT2D eigenvalue weighted by Gasteiger charge is -2.42. The highest BCUT2D eigenvalue weighted by atomic mass is 16.6. The summed E-state index contributed by atoms with van der Waals surface area (Å²) in [4.78, 5) is 0. The maximum Gasteiger partial charge on any atom is 0.173 e. The lowest BCUT2D eigenvalue weighted by molar-refractivity contribution is -0.261. The maximum atomic E-state index is 9.64. The van der Waals surface area contributed by atoms with Crippen molar-refractivity contribution in [2.24, 2.45) is 5.73 Å². The Morgan fingerprint density at radius 1 is 1.31 bits per heavy atom. The maximum absolute atomic E-state index is 9.64. The fourth-order valence-electron chi connectivity index (χ4n) is 1.59. The van der Waals surface area contributed by atoms with E-state index in [1.807, 2.05) is 0 Å². The zero-order valence-electron chi connectivity index (χ0n) is 8.82. The summed E-state index contributed by atoms with van der Waals surface area (Å²) in [5, 5.41) is 49.0. The first kappa shape index (κ1) is 13.7. The van der Waals surface area contributed by atoms with Crippen molar-refractivity contribution in [1.29, 1.82) is 0 Å². The average Bonchev–Trinajstić information content (AvgIpc) is 2.17. The minimum atomic E-state index is -1.83. The van der Waals surface area contributed by atoms with E-state index < -0.39 is 43.1 Å². The molecule has 6 atom stereocenters. The predicted molar refractivity (Wildman–Crippen MR) is 51.7 cm³/mol. The Bertz CT molecular complexity index is 233. The lowest BCUT2D eigenvalue weighted by atomic mass is 9.97. The molecule has 1 saturated heterocycles. The molecule has 0 saturated carbocycles. The number of nitrogens with two attached hydrogens (primary N) is 1. The van der Waals surface area contributed by atoms with E-state index in [1.54, 1.807) is 0 Å².